The molecule has 0 aromatic carbocycles. The summed E-state index contributed by atoms with van der Waals surface area (Å²) in [5.41, 5.74) is 0. The lowest BCUT2D eigenvalue weighted by Gasteiger charge is -2.18. The standard InChI is InChI=1S/C53H82O6/c1-4-7-10-13-16-19-22-25-26-29-31-34-37-40-43-46-52(55)58-49-50(59-53(56)47-44-41-38-35-32-28-24-21-18-15-12-9-6-3)48-57-51(54)45-42-39-36-33-30-27-23-20-17-14-11-8-5-2/h7,9-12,14,16,18-21,23,25-26,28,31-32,34,40,43,50H,4-6,8,13,15,17,22,24,27,29-30,33,35-39,41-42,44-49H2,1-3H3/b10-7-,12-9-,14-11-,19-16-,21-18-,23-20-,26-25-,32-28-,34-31-,43-40-. The maximum Gasteiger partial charge on any atom is 0.309 e. The van der Waals surface area contributed by atoms with Gasteiger partial charge in [0.2, 0.25) is 0 Å². The third kappa shape index (κ3) is 44.8. The summed E-state index contributed by atoms with van der Waals surface area (Å²) in [7, 11) is 0. The van der Waals surface area contributed by atoms with E-state index < -0.39 is 12.1 Å². The van der Waals surface area contributed by atoms with Crippen LogP contribution in [0, 0.1) is 0 Å². The lowest BCUT2D eigenvalue weighted by Crippen LogP contribution is -2.30. The van der Waals surface area contributed by atoms with Crippen LogP contribution in [-0.4, -0.2) is 37.2 Å². The van der Waals surface area contributed by atoms with Crippen LogP contribution in [0.3, 0.4) is 0 Å². The van der Waals surface area contributed by atoms with E-state index in [1.165, 1.54) is 6.42 Å². The first kappa shape index (κ1) is 54.8. The Balaban J connectivity index is 4.61. The van der Waals surface area contributed by atoms with Crippen LogP contribution in [0.4, 0.5) is 0 Å². The summed E-state index contributed by atoms with van der Waals surface area (Å²) in [5, 5.41) is 0. The monoisotopic (exact) mass is 815 g/mol. The van der Waals surface area contributed by atoms with Crippen LogP contribution in [0.2, 0.25) is 0 Å². The molecule has 0 heterocycles. The first-order valence-electron chi connectivity index (χ1n) is 23.0. The summed E-state index contributed by atoms with van der Waals surface area (Å²) in [6.45, 7) is 6.18. The zero-order valence-electron chi connectivity index (χ0n) is 37.5. The van der Waals surface area contributed by atoms with Gasteiger partial charge in [-0.3, -0.25) is 14.4 Å². The highest BCUT2D eigenvalue weighted by molar-refractivity contribution is 5.72. The molecule has 0 aliphatic rings. The van der Waals surface area contributed by atoms with E-state index in [0.29, 0.717) is 12.8 Å². The average Bonchev–Trinajstić information content (AvgIpc) is 3.23. The van der Waals surface area contributed by atoms with E-state index in [1.54, 1.807) is 6.08 Å². The summed E-state index contributed by atoms with van der Waals surface area (Å²) >= 11 is 0. The van der Waals surface area contributed by atoms with Crippen molar-refractivity contribution in [3.63, 3.8) is 0 Å². The SMILES string of the molecule is CC/C=C\C/C=C\C/C=C\C/C=C\C/C=C\CC(=O)OCC(COC(=O)CCCCCCC/C=C\C/C=C\CCC)OC(=O)CCCCC/C=C\C/C=C\C/C=C\CC. The lowest BCUT2D eigenvalue weighted by molar-refractivity contribution is -0.166. The molecule has 0 aromatic rings. The molecule has 0 radical (unpaired) electrons. The Morgan fingerprint density at radius 1 is 0.373 bits per heavy atom. The highest BCUT2D eigenvalue weighted by Gasteiger charge is 2.19. The van der Waals surface area contributed by atoms with E-state index in [0.717, 1.165) is 122 Å². The average molecular weight is 815 g/mol. The molecule has 0 saturated heterocycles. The Labute approximate surface area is 361 Å². The van der Waals surface area contributed by atoms with E-state index in [9.17, 15) is 14.4 Å². The number of rotatable bonds is 39. The van der Waals surface area contributed by atoms with Gasteiger partial charge in [-0.1, -0.05) is 174 Å². The van der Waals surface area contributed by atoms with Crippen molar-refractivity contribution in [2.24, 2.45) is 0 Å². The van der Waals surface area contributed by atoms with Crippen molar-refractivity contribution in [1.82, 2.24) is 0 Å². The number of allylic oxidation sites excluding steroid dienone is 19. The first-order chi connectivity index (χ1) is 29.0. The fourth-order valence-corrected chi connectivity index (χ4v) is 5.56. The molecular formula is C53H82O6. The van der Waals surface area contributed by atoms with Crippen LogP contribution in [0.25, 0.3) is 0 Å². The molecule has 0 bridgehead atoms. The number of carbonyl (C=O) groups excluding carboxylic acids is 3. The molecule has 0 N–H and O–H groups in total. The summed E-state index contributed by atoms with van der Waals surface area (Å²) in [6.07, 6.45) is 63.5. The second-order valence-electron chi connectivity index (χ2n) is 14.6. The Hall–Kier alpha value is -4.19. The first-order valence-corrected chi connectivity index (χ1v) is 23.0. The fourth-order valence-electron chi connectivity index (χ4n) is 5.56. The minimum absolute atomic E-state index is 0.113. The molecule has 0 fully saturated rings. The molecule has 6 heteroatoms. The topological polar surface area (TPSA) is 78.9 Å². The lowest BCUT2D eigenvalue weighted by atomic mass is 10.1. The summed E-state index contributed by atoms with van der Waals surface area (Å²) in [4.78, 5) is 37.7. The van der Waals surface area contributed by atoms with Crippen LogP contribution < -0.4 is 0 Å². The van der Waals surface area contributed by atoms with Crippen LogP contribution in [0.5, 0.6) is 0 Å². The van der Waals surface area contributed by atoms with Crippen LogP contribution in [0.15, 0.2) is 122 Å². The van der Waals surface area contributed by atoms with Crippen LogP contribution >= 0.6 is 0 Å². The number of hydrogen-bond donors (Lipinski definition) is 0. The van der Waals surface area contributed by atoms with Gasteiger partial charge in [0, 0.05) is 12.8 Å². The molecule has 0 aliphatic carbocycles. The molecule has 6 nitrogen and oxygen atoms in total. The number of esters is 3. The van der Waals surface area contributed by atoms with Gasteiger partial charge < -0.3 is 14.2 Å². The van der Waals surface area contributed by atoms with Crippen molar-refractivity contribution in [3.8, 4) is 0 Å². The van der Waals surface area contributed by atoms with Gasteiger partial charge in [0.05, 0.1) is 6.42 Å². The number of hydrogen-bond acceptors (Lipinski definition) is 6. The van der Waals surface area contributed by atoms with E-state index in [4.69, 9.17) is 14.2 Å². The van der Waals surface area contributed by atoms with E-state index >= 15 is 0 Å². The number of carbonyl (C=O) groups is 3. The number of ether oxygens (including phenoxy) is 3. The van der Waals surface area contributed by atoms with Crippen molar-refractivity contribution in [2.75, 3.05) is 13.2 Å². The Bertz CT molecular complexity index is 1300. The molecule has 1 unspecified atom stereocenters. The van der Waals surface area contributed by atoms with Gasteiger partial charge >= 0.3 is 17.9 Å². The van der Waals surface area contributed by atoms with Crippen molar-refractivity contribution >= 4 is 17.9 Å². The van der Waals surface area contributed by atoms with Crippen molar-refractivity contribution < 1.29 is 28.6 Å². The summed E-state index contributed by atoms with van der Waals surface area (Å²) in [5.74, 6) is -1.12. The zero-order valence-corrected chi connectivity index (χ0v) is 37.5. The van der Waals surface area contributed by atoms with Gasteiger partial charge in [0.1, 0.15) is 13.2 Å². The maximum absolute atomic E-state index is 12.7. The van der Waals surface area contributed by atoms with E-state index in [2.05, 4.69) is 130 Å². The van der Waals surface area contributed by atoms with Gasteiger partial charge in [-0.25, -0.2) is 0 Å². The van der Waals surface area contributed by atoms with Gasteiger partial charge in [-0.2, -0.15) is 0 Å². The molecule has 330 valence electrons. The molecule has 0 rings (SSSR count). The third-order valence-electron chi connectivity index (χ3n) is 8.95. The largest absolute Gasteiger partial charge is 0.462 e. The predicted octanol–water partition coefficient (Wildman–Crippen LogP) is 15.0. The van der Waals surface area contributed by atoms with Crippen molar-refractivity contribution in [1.29, 1.82) is 0 Å². The minimum atomic E-state index is -0.840. The van der Waals surface area contributed by atoms with Gasteiger partial charge in [0.15, 0.2) is 6.10 Å². The molecule has 0 saturated carbocycles. The summed E-state index contributed by atoms with van der Waals surface area (Å²) < 4.78 is 16.6. The van der Waals surface area contributed by atoms with Crippen molar-refractivity contribution in [3.05, 3.63) is 122 Å². The minimum Gasteiger partial charge on any atom is -0.462 e. The normalized spacial score (nSPS) is 13.2. The second kappa shape index (κ2) is 46.5. The van der Waals surface area contributed by atoms with Gasteiger partial charge in [-0.15, -0.1) is 0 Å². The summed E-state index contributed by atoms with van der Waals surface area (Å²) in [6, 6.07) is 0. The molecular weight excluding hydrogens is 733 g/mol. The third-order valence-corrected chi connectivity index (χ3v) is 8.95. The Morgan fingerprint density at radius 3 is 1.20 bits per heavy atom. The Kier molecular flexibility index (Phi) is 43.2. The molecule has 0 spiro atoms. The Morgan fingerprint density at radius 2 is 0.729 bits per heavy atom. The number of unbranched alkanes of at least 4 members (excludes halogenated alkanes) is 9. The zero-order chi connectivity index (χ0) is 43.0. The smallest absolute Gasteiger partial charge is 0.309 e. The molecule has 0 amide bonds. The maximum atomic E-state index is 12.7. The predicted molar refractivity (Wildman–Crippen MR) is 251 cm³/mol. The van der Waals surface area contributed by atoms with Gasteiger partial charge in [0.25, 0.3) is 0 Å². The molecule has 1 atom stereocenters. The quantitative estimate of drug-likeness (QED) is 0.0266. The molecule has 0 aromatic heterocycles. The highest BCUT2D eigenvalue weighted by Crippen LogP contribution is 2.11. The van der Waals surface area contributed by atoms with Crippen LogP contribution in [0.1, 0.15) is 175 Å². The molecule has 59 heavy (non-hydrogen) atoms. The molecule has 0 aliphatic heterocycles. The second-order valence-corrected chi connectivity index (χ2v) is 14.6. The van der Waals surface area contributed by atoms with Crippen molar-refractivity contribution in [2.45, 2.75) is 181 Å². The van der Waals surface area contributed by atoms with Crippen LogP contribution in [-0.2, 0) is 28.6 Å². The van der Waals surface area contributed by atoms with E-state index in [1.807, 2.05) is 6.08 Å². The highest BCUT2D eigenvalue weighted by atomic mass is 16.6. The van der Waals surface area contributed by atoms with Gasteiger partial charge in [-0.05, 0) is 103 Å². The fraction of sp³-hybridized carbons (Fsp3) is 0.566. The van der Waals surface area contributed by atoms with E-state index in [-0.39, 0.29) is 38.0 Å².